The van der Waals surface area contributed by atoms with Crippen molar-refractivity contribution >= 4 is 28.0 Å². The molecule has 3 N–H and O–H groups in total. The Morgan fingerprint density at radius 1 is 1.40 bits per heavy atom. The summed E-state index contributed by atoms with van der Waals surface area (Å²) >= 11 is 0. The van der Waals surface area contributed by atoms with Gasteiger partial charge in [0.1, 0.15) is 5.82 Å². The van der Waals surface area contributed by atoms with Crippen molar-refractivity contribution in [1.82, 2.24) is 4.72 Å². The number of carboxylic acid groups (broad SMARTS) is 1. The molecule has 0 fully saturated rings. The van der Waals surface area contributed by atoms with Crippen LogP contribution in [0, 0.1) is 5.82 Å². The lowest BCUT2D eigenvalue weighted by Crippen LogP contribution is -2.36. The molecule has 20 heavy (non-hydrogen) atoms. The van der Waals surface area contributed by atoms with Crippen LogP contribution in [0.25, 0.3) is 0 Å². The van der Waals surface area contributed by atoms with Crippen molar-refractivity contribution < 1.29 is 32.2 Å². The summed E-state index contributed by atoms with van der Waals surface area (Å²) in [5.41, 5.74) is -0.851. The van der Waals surface area contributed by atoms with E-state index < -0.39 is 33.8 Å². The first-order valence-electron chi connectivity index (χ1n) is 5.25. The van der Waals surface area contributed by atoms with Gasteiger partial charge in [-0.2, -0.15) is 8.42 Å². The van der Waals surface area contributed by atoms with Gasteiger partial charge in [-0.1, -0.05) is 0 Å². The average Bonchev–Trinajstić information content (AvgIpc) is 2.30. The molecule has 0 aromatic heterocycles. The summed E-state index contributed by atoms with van der Waals surface area (Å²) in [5.74, 6) is -2.46. The van der Waals surface area contributed by atoms with Gasteiger partial charge in [0.2, 0.25) is 0 Å². The smallest absolute Gasteiger partial charge is 0.422 e. The van der Waals surface area contributed by atoms with Gasteiger partial charge in [0.05, 0.1) is 17.9 Å². The number of amides is 1. The average molecular weight is 306 g/mol. The minimum absolute atomic E-state index is 0.0387. The maximum Gasteiger partial charge on any atom is 0.422 e. The molecular formula is C10H11FN2O6S. The van der Waals surface area contributed by atoms with Crippen molar-refractivity contribution in [2.24, 2.45) is 0 Å². The molecule has 0 radical (unpaired) electrons. The zero-order valence-corrected chi connectivity index (χ0v) is 11.0. The lowest BCUT2D eigenvalue weighted by Gasteiger charge is -2.10. The lowest BCUT2D eigenvalue weighted by atomic mass is 10.2. The lowest BCUT2D eigenvalue weighted by molar-refractivity contribution is 0.0696. The van der Waals surface area contributed by atoms with E-state index >= 15 is 0 Å². The number of rotatable bonds is 5. The fourth-order valence-corrected chi connectivity index (χ4v) is 1.96. The van der Waals surface area contributed by atoms with Gasteiger partial charge < -0.3 is 9.84 Å². The standard InChI is InChI=1S/C10H11FN2O6S/c1-2-19-10(16)13-20(17,18)12-8-4-3-6(9(14)15)5-7(8)11/h3-5,12H,2H2,1H3,(H,13,16)(H,14,15). The fourth-order valence-electron chi connectivity index (χ4n) is 1.17. The first kappa shape index (κ1) is 15.7. The molecule has 1 aromatic rings. The van der Waals surface area contributed by atoms with Crippen molar-refractivity contribution in [3.63, 3.8) is 0 Å². The highest BCUT2D eigenvalue weighted by Gasteiger charge is 2.17. The van der Waals surface area contributed by atoms with Gasteiger partial charge in [0.25, 0.3) is 0 Å². The molecule has 0 spiro atoms. The van der Waals surface area contributed by atoms with E-state index in [0.717, 1.165) is 12.1 Å². The quantitative estimate of drug-likeness (QED) is 0.743. The van der Waals surface area contributed by atoms with Crippen LogP contribution in [0.5, 0.6) is 0 Å². The molecule has 0 aliphatic rings. The van der Waals surface area contributed by atoms with Crippen LogP contribution in [0.2, 0.25) is 0 Å². The van der Waals surface area contributed by atoms with Gasteiger partial charge in [-0.25, -0.2) is 18.7 Å². The van der Waals surface area contributed by atoms with Crippen LogP contribution >= 0.6 is 0 Å². The Labute approximate surface area is 113 Å². The predicted octanol–water partition coefficient (Wildman–Crippen LogP) is 0.927. The molecule has 8 nitrogen and oxygen atoms in total. The van der Waals surface area contributed by atoms with Gasteiger partial charge in [-0.3, -0.25) is 4.72 Å². The van der Waals surface area contributed by atoms with Gasteiger partial charge >= 0.3 is 22.3 Å². The topological polar surface area (TPSA) is 122 Å². The number of halogens is 1. The Kier molecular flexibility index (Phi) is 4.86. The molecule has 110 valence electrons. The van der Waals surface area contributed by atoms with Crippen molar-refractivity contribution in [3.8, 4) is 0 Å². The van der Waals surface area contributed by atoms with Gasteiger partial charge in [0, 0.05) is 0 Å². The Morgan fingerprint density at radius 3 is 2.55 bits per heavy atom. The first-order valence-corrected chi connectivity index (χ1v) is 6.73. The molecule has 0 bridgehead atoms. The summed E-state index contributed by atoms with van der Waals surface area (Å²) in [6.07, 6.45) is -1.22. The number of carboxylic acids is 1. The molecule has 0 atom stereocenters. The summed E-state index contributed by atoms with van der Waals surface area (Å²) in [6, 6.07) is 2.57. The normalized spacial score (nSPS) is 10.7. The first-order chi connectivity index (χ1) is 9.25. The van der Waals surface area contributed by atoms with E-state index in [0.29, 0.717) is 6.07 Å². The molecule has 0 saturated heterocycles. The maximum atomic E-state index is 13.5. The molecule has 0 aliphatic heterocycles. The van der Waals surface area contributed by atoms with Crippen molar-refractivity contribution in [2.45, 2.75) is 6.92 Å². The SMILES string of the molecule is CCOC(=O)NS(=O)(=O)Nc1ccc(C(=O)O)cc1F. The van der Waals surface area contributed by atoms with Crippen LogP contribution < -0.4 is 9.44 Å². The van der Waals surface area contributed by atoms with Crippen LogP contribution in [0.3, 0.4) is 0 Å². The molecule has 0 unspecified atom stereocenters. The van der Waals surface area contributed by atoms with E-state index in [9.17, 15) is 22.4 Å². The van der Waals surface area contributed by atoms with Crippen molar-refractivity contribution in [2.75, 3.05) is 11.3 Å². The highest BCUT2D eigenvalue weighted by atomic mass is 32.2. The number of anilines is 1. The second-order valence-corrected chi connectivity index (χ2v) is 4.84. The number of benzene rings is 1. The zero-order valence-electron chi connectivity index (χ0n) is 10.2. The zero-order chi connectivity index (χ0) is 15.3. The number of hydrogen-bond donors (Lipinski definition) is 3. The maximum absolute atomic E-state index is 13.5. The molecular weight excluding hydrogens is 295 g/mol. The Bertz CT molecular complexity index is 631. The minimum atomic E-state index is -4.37. The number of hydrogen-bond acceptors (Lipinski definition) is 5. The van der Waals surface area contributed by atoms with Gasteiger partial charge in [-0.15, -0.1) is 0 Å². The number of carbonyl (C=O) groups is 2. The molecule has 0 heterocycles. The predicted molar refractivity (Wildman–Crippen MR) is 66.1 cm³/mol. The van der Waals surface area contributed by atoms with E-state index in [4.69, 9.17) is 5.11 Å². The molecule has 0 aliphatic carbocycles. The van der Waals surface area contributed by atoms with E-state index in [2.05, 4.69) is 4.74 Å². The number of aromatic carboxylic acids is 1. The van der Waals surface area contributed by atoms with E-state index in [1.54, 1.807) is 4.72 Å². The van der Waals surface area contributed by atoms with E-state index in [1.807, 2.05) is 0 Å². The van der Waals surface area contributed by atoms with Crippen molar-refractivity contribution in [3.05, 3.63) is 29.6 Å². The molecule has 1 rings (SSSR count). The number of nitrogens with one attached hydrogen (secondary N) is 2. The van der Waals surface area contributed by atoms with E-state index in [1.165, 1.54) is 11.6 Å². The largest absolute Gasteiger partial charge is 0.478 e. The van der Waals surface area contributed by atoms with E-state index in [-0.39, 0.29) is 12.2 Å². The summed E-state index contributed by atoms with van der Waals surface area (Å²) in [5, 5.41) is 8.63. The summed E-state index contributed by atoms with van der Waals surface area (Å²) in [6.45, 7) is 1.44. The summed E-state index contributed by atoms with van der Waals surface area (Å²) < 4.78 is 44.0. The van der Waals surface area contributed by atoms with Crippen LogP contribution in [-0.2, 0) is 14.9 Å². The van der Waals surface area contributed by atoms with Crippen LogP contribution in [0.4, 0.5) is 14.9 Å². The van der Waals surface area contributed by atoms with Crippen LogP contribution in [0.15, 0.2) is 18.2 Å². The number of ether oxygens (including phenoxy) is 1. The Balaban J connectivity index is 2.87. The van der Waals surface area contributed by atoms with Crippen LogP contribution in [-0.4, -0.2) is 32.2 Å². The second-order valence-electron chi connectivity index (χ2n) is 3.43. The fraction of sp³-hybridized carbons (Fsp3) is 0.200. The third-order valence-corrected chi connectivity index (χ3v) is 2.88. The molecule has 1 amide bonds. The monoisotopic (exact) mass is 306 g/mol. The highest BCUT2D eigenvalue weighted by molar-refractivity contribution is 7.91. The second kappa shape index (κ2) is 6.19. The molecule has 10 heteroatoms. The number of carbonyl (C=O) groups excluding carboxylic acids is 1. The molecule has 0 saturated carbocycles. The van der Waals surface area contributed by atoms with Gasteiger partial charge in [0.15, 0.2) is 0 Å². The Morgan fingerprint density at radius 2 is 2.05 bits per heavy atom. The summed E-state index contributed by atoms with van der Waals surface area (Å²) in [7, 11) is -4.37. The summed E-state index contributed by atoms with van der Waals surface area (Å²) in [4.78, 5) is 21.5. The highest BCUT2D eigenvalue weighted by Crippen LogP contribution is 2.16. The van der Waals surface area contributed by atoms with Gasteiger partial charge in [-0.05, 0) is 25.1 Å². The van der Waals surface area contributed by atoms with Crippen LogP contribution in [0.1, 0.15) is 17.3 Å². The molecule has 1 aromatic carbocycles. The third-order valence-electron chi connectivity index (χ3n) is 1.95. The minimum Gasteiger partial charge on any atom is -0.478 e. The van der Waals surface area contributed by atoms with Crippen molar-refractivity contribution in [1.29, 1.82) is 0 Å². The third kappa shape index (κ3) is 4.39. The Hall–Kier alpha value is -2.36.